The van der Waals surface area contributed by atoms with Gasteiger partial charge in [0.05, 0.1) is 32.8 Å². The highest BCUT2D eigenvalue weighted by Gasteiger charge is 2.27. The van der Waals surface area contributed by atoms with E-state index in [1.807, 2.05) is 11.8 Å². The largest absolute Gasteiger partial charge is 0.464 e. The standard InChI is InChI=1S/C17H22N6O4S/c1-10-6-13(16(25)26-3)20-17(19-10)23-4-5-27-9-12(8-23)15(24)18-7-14-22-21-11(2)28-14/h6,12H,4-5,7-9H2,1-3H3,(H,18,24). The van der Waals surface area contributed by atoms with Crippen molar-refractivity contribution in [2.45, 2.75) is 20.4 Å². The van der Waals surface area contributed by atoms with E-state index in [1.165, 1.54) is 18.4 Å². The Morgan fingerprint density at radius 3 is 2.89 bits per heavy atom. The number of rotatable bonds is 5. The third-order valence-electron chi connectivity index (χ3n) is 4.14. The summed E-state index contributed by atoms with van der Waals surface area (Å²) in [5.74, 6) is -0.689. The molecule has 2 aromatic heterocycles. The minimum absolute atomic E-state index is 0.138. The number of aryl methyl sites for hydroxylation is 2. The first-order chi connectivity index (χ1) is 13.5. The summed E-state index contributed by atoms with van der Waals surface area (Å²) >= 11 is 1.44. The van der Waals surface area contributed by atoms with E-state index in [4.69, 9.17) is 9.47 Å². The van der Waals surface area contributed by atoms with Crippen LogP contribution in [-0.4, -0.2) is 65.5 Å². The second-order valence-corrected chi connectivity index (χ2v) is 7.60. The van der Waals surface area contributed by atoms with Gasteiger partial charge in [-0.3, -0.25) is 4.79 Å². The van der Waals surface area contributed by atoms with E-state index >= 15 is 0 Å². The number of nitrogens with one attached hydrogen (secondary N) is 1. The van der Waals surface area contributed by atoms with Gasteiger partial charge in [-0.15, -0.1) is 10.2 Å². The Bertz CT molecular complexity index is 858. The molecule has 1 amide bonds. The van der Waals surface area contributed by atoms with Crippen molar-refractivity contribution in [3.63, 3.8) is 0 Å². The summed E-state index contributed by atoms with van der Waals surface area (Å²) in [4.78, 5) is 35.0. The molecular formula is C17H22N6O4S. The van der Waals surface area contributed by atoms with Crippen LogP contribution in [0.2, 0.25) is 0 Å². The monoisotopic (exact) mass is 406 g/mol. The maximum atomic E-state index is 12.6. The highest BCUT2D eigenvalue weighted by atomic mass is 32.1. The van der Waals surface area contributed by atoms with Crippen LogP contribution in [0.5, 0.6) is 0 Å². The molecule has 10 nitrogen and oxygen atoms in total. The number of esters is 1. The van der Waals surface area contributed by atoms with Crippen molar-refractivity contribution in [3.05, 3.63) is 27.5 Å². The minimum Gasteiger partial charge on any atom is -0.464 e. The molecule has 2 aromatic rings. The predicted octanol–water partition coefficient (Wildman–Crippen LogP) is 0.501. The lowest BCUT2D eigenvalue weighted by molar-refractivity contribution is -0.126. The van der Waals surface area contributed by atoms with Gasteiger partial charge < -0.3 is 19.7 Å². The van der Waals surface area contributed by atoms with Crippen LogP contribution in [-0.2, 0) is 20.8 Å². The number of aromatic nitrogens is 4. The number of carbonyl (C=O) groups is 2. The lowest BCUT2D eigenvalue weighted by Gasteiger charge is -2.23. The lowest BCUT2D eigenvalue weighted by Crippen LogP contribution is -2.40. The van der Waals surface area contributed by atoms with E-state index in [1.54, 1.807) is 13.0 Å². The van der Waals surface area contributed by atoms with Crippen molar-refractivity contribution in [2.24, 2.45) is 5.92 Å². The molecule has 1 unspecified atom stereocenters. The molecule has 0 bridgehead atoms. The molecule has 150 valence electrons. The number of nitrogens with zero attached hydrogens (tertiary/aromatic N) is 5. The van der Waals surface area contributed by atoms with Crippen molar-refractivity contribution >= 4 is 29.2 Å². The van der Waals surface area contributed by atoms with E-state index in [-0.39, 0.29) is 11.6 Å². The SMILES string of the molecule is COC(=O)c1cc(C)nc(N2CCOCC(C(=O)NCc3nnc(C)s3)C2)n1. The van der Waals surface area contributed by atoms with Gasteiger partial charge in [0.15, 0.2) is 5.69 Å². The maximum absolute atomic E-state index is 12.6. The Morgan fingerprint density at radius 2 is 2.18 bits per heavy atom. The van der Waals surface area contributed by atoms with Gasteiger partial charge in [0, 0.05) is 18.8 Å². The molecule has 0 radical (unpaired) electrons. The Hall–Kier alpha value is -2.66. The summed E-state index contributed by atoms with van der Waals surface area (Å²) in [6, 6.07) is 1.57. The third kappa shape index (κ3) is 4.98. The number of hydrogen-bond donors (Lipinski definition) is 1. The molecule has 3 rings (SSSR count). The lowest BCUT2D eigenvalue weighted by atomic mass is 10.1. The van der Waals surface area contributed by atoms with Crippen LogP contribution in [0, 0.1) is 19.8 Å². The van der Waals surface area contributed by atoms with Crippen molar-refractivity contribution in [2.75, 3.05) is 38.3 Å². The van der Waals surface area contributed by atoms with Gasteiger partial charge in [0.25, 0.3) is 0 Å². The minimum atomic E-state index is -0.528. The van der Waals surface area contributed by atoms with E-state index in [0.29, 0.717) is 44.5 Å². The molecular weight excluding hydrogens is 384 g/mol. The van der Waals surface area contributed by atoms with Gasteiger partial charge in [-0.05, 0) is 19.9 Å². The summed E-state index contributed by atoms with van der Waals surface area (Å²) in [6.07, 6.45) is 0. The molecule has 1 fully saturated rings. The number of ether oxygens (including phenoxy) is 2. The van der Waals surface area contributed by atoms with Gasteiger partial charge >= 0.3 is 5.97 Å². The molecule has 28 heavy (non-hydrogen) atoms. The Labute approximate surface area is 166 Å². The van der Waals surface area contributed by atoms with Crippen LogP contribution in [0.3, 0.4) is 0 Å². The van der Waals surface area contributed by atoms with Crippen LogP contribution in [0.15, 0.2) is 6.07 Å². The maximum Gasteiger partial charge on any atom is 0.356 e. The van der Waals surface area contributed by atoms with Crippen LogP contribution < -0.4 is 10.2 Å². The quantitative estimate of drug-likeness (QED) is 0.708. The first-order valence-electron chi connectivity index (χ1n) is 8.79. The van der Waals surface area contributed by atoms with Crippen molar-refractivity contribution in [1.82, 2.24) is 25.5 Å². The van der Waals surface area contributed by atoms with E-state index < -0.39 is 11.9 Å². The summed E-state index contributed by atoms with van der Waals surface area (Å²) in [5, 5.41) is 12.4. The molecule has 1 aliphatic rings. The normalized spacial score (nSPS) is 17.1. The second kappa shape index (κ2) is 9.02. The highest BCUT2D eigenvalue weighted by Crippen LogP contribution is 2.16. The average molecular weight is 406 g/mol. The molecule has 0 saturated carbocycles. The zero-order valence-electron chi connectivity index (χ0n) is 16.0. The summed E-state index contributed by atoms with van der Waals surface area (Å²) in [6.45, 7) is 5.60. The predicted molar refractivity (Wildman–Crippen MR) is 101 cm³/mol. The first-order valence-corrected chi connectivity index (χ1v) is 9.61. The van der Waals surface area contributed by atoms with Gasteiger partial charge in [-0.2, -0.15) is 0 Å². The molecule has 1 atom stereocenters. The fraction of sp³-hybridized carbons (Fsp3) is 0.529. The van der Waals surface area contributed by atoms with Crippen molar-refractivity contribution in [1.29, 1.82) is 0 Å². The Kier molecular flexibility index (Phi) is 6.47. The van der Waals surface area contributed by atoms with E-state index in [0.717, 1.165) is 10.0 Å². The topological polar surface area (TPSA) is 119 Å². The fourth-order valence-corrected chi connectivity index (χ4v) is 3.42. The molecule has 1 N–H and O–H groups in total. The van der Waals surface area contributed by atoms with Crippen LogP contribution in [0.4, 0.5) is 5.95 Å². The summed E-state index contributed by atoms with van der Waals surface area (Å²) in [5.41, 5.74) is 0.825. The number of carbonyl (C=O) groups excluding carboxylic acids is 2. The molecule has 0 spiro atoms. The molecule has 0 aliphatic carbocycles. The van der Waals surface area contributed by atoms with Crippen LogP contribution in [0.1, 0.15) is 26.2 Å². The van der Waals surface area contributed by atoms with Gasteiger partial charge in [-0.25, -0.2) is 14.8 Å². The first kappa shape index (κ1) is 20.1. The Balaban J connectivity index is 1.70. The zero-order valence-corrected chi connectivity index (χ0v) is 16.8. The van der Waals surface area contributed by atoms with Crippen LogP contribution >= 0.6 is 11.3 Å². The smallest absolute Gasteiger partial charge is 0.356 e. The van der Waals surface area contributed by atoms with E-state index in [2.05, 4.69) is 25.5 Å². The zero-order chi connectivity index (χ0) is 20.1. The van der Waals surface area contributed by atoms with Gasteiger partial charge in [-0.1, -0.05) is 11.3 Å². The van der Waals surface area contributed by atoms with Gasteiger partial charge in [0.1, 0.15) is 10.0 Å². The molecule has 3 heterocycles. The average Bonchev–Trinajstić information content (AvgIpc) is 2.95. The number of methoxy groups -OCH3 is 1. The van der Waals surface area contributed by atoms with Gasteiger partial charge in [0.2, 0.25) is 11.9 Å². The third-order valence-corrected chi connectivity index (χ3v) is 4.98. The summed E-state index contributed by atoms with van der Waals surface area (Å²) < 4.78 is 10.3. The number of amides is 1. The van der Waals surface area contributed by atoms with Crippen LogP contribution in [0.25, 0.3) is 0 Å². The highest BCUT2D eigenvalue weighted by molar-refractivity contribution is 7.11. The number of anilines is 1. The molecule has 0 aromatic carbocycles. The van der Waals surface area contributed by atoms with E-state index in [9.17, 15) is 9.59 Å². The van der Waals surface area contributed by atoms with Crippen molar-refractivity contribution < 1.29 is 19.1 Å². The number of hydrogen-bond acceptors (Lipinski definition) is 10. The Morgan fingerprint density at radius 1 is 1.36 bits per heavy atom. The molecule has 1 aliphatic heterocycles. The molecule has 11 heteroatoms. The summed E-state index contributed by atoms with van der Waals surface area (Å²) in [7, 11) is 1.30. The fourth-order valence-electron chi connectivity index (χ4n) is 2.77. The van der Waals surface area contributed by atoms with Crippen molar-refractivity contribution in [3.8, 4) is 0 Å². The second-order valence-electron chi connectivity index (χ2n) is 6.34. The molecule has 1 saturated heterocycles.